The quantitative estimate of drug-likeness (QED) is 0.462. The summed E-state index contributed by atoms with van der Waals surface area (Å²) in [6.45, 7) is 2.20. The van der Waals surface area contributed by atoms with E-state index in [-0.39, 0.29) is 11.6 Å². The standard InChI is InChI=1S/C27H32N6O/c1-31-23(16-8-14-20-10-4-2-5-11-20)29-25-24(26(31)34)33(18-21-12-6-3-7-13-21)27(30-25)32-17-9-15-22(28)19-32/h2-7,10-13,22H,8-9,14-19,28H2,1H3. The second-order valence-corrected chi connectivity index (χ2v) is 9.24. The molecule has 1 atom stereocenters. The van der Waals surface area contributed by atoms with Crippen LogP contribution in [0.5, 0.6) is 0 Å². The smallest absolute Gasteiger partial charge is 0.279 e. The average Bonchev–Trinajstić information content (AvgIpc) is 3.21. The number of anilines is 1. The van der Waals surface area contributed by atoms with Gasteiger partial charge in [0.05, 0.1) is 6.54 Å². The monoisotopic (exact) mass is 456 g/mol. The lowest BCUT2D eigenvalue weighted by atomic mass is 10.1. The summed E-state index contributed by atoms with van der Waals surface area (Å²) in [4.78, 5) is 25.6. The molecule has 0 amide bonds. The Balaban J connectivity index is 1.52. The van der Waals surface area contributed by atoms with Gasteiger partial charge >= 0.3 is 0 Å². The first-order valence-corrected chi connectivity index (χ1v) is 12.1. The van der Waals surface area contributed by atoms with Crippen molar-refractivity contribution >= 4 is 17.1 Å². The number of imidazole rings is 1. The highest BCUT2D eigenvalue weighted by atomic mass is 16.1. The van der Waals surface area contributed by atoms with Gasteiger partial charge in [-0.15, -0.1) is 0 Å². The number of nitrogens with zero attached hydrogens (tertiary/aromatic N) is 5. The Morgan fingerprint density at radius 2 is 1.68 bits per heavy atom. The van der Waals surface area contributed by atoms with Crippen LogP contribution in [0.3, 0.4) is 0 Å². The molecule has 0 spiro atoms. The third-order valence-corrected chi connectivity index (χ3v) is 6.69. The summed E-state index contributed by atoms with van der Waals surface area (Å²) >= 11 is 0. The molecule has 2 aromatic heterocycles. The summed E-state index contributed by atoms with van der Waals surface area (Å²) in [7, 11) is 1.82. The van der Waals surface area contributed by atoms with Crippen molar-refractivity contribution in [2.45, 2.75) is 44.7 Å². The van der Waals surface area contributed by atoms with E-state index in [2.05, 4.69) is 41.3 Å². The summed E-state index contributed by atoms with van der Waals surface area (Å²) in [5.41, 5.74) is 9.75. The highest BCUT2D eigenvalue weighted by Gasteiger charge is 2.25. The van der Waals surface area contributed by atoms with E-state index in [1.807, 2.05) is 35.9 Å². The molecule has 1 saturated heterocycles. The van der Waals surface area contributed by atoms with Crippen LogP contribution in [0.15, 0.2) is 65.5 Å². The van der Waals surface area contributed by atoms with Crippen LogP contribution in [-0.4, -0.2) is 38.2 Å². The average molecular weight is 457 g/mol. The summed E-state index contributed by atoms with van der Waals surface area (Å²) in [5, 5.41) is 0. The number of rotatable bonds is 7. The van der Waals surface area contributed by atoms with Crippen LogP contribution in [0.4, 0.5) is 5.95 Å². The van der Waals surface area contributed by atoms with Gasteiger partial charge in [0, 0.05) is 32.6 Å². The Morgan fingerprint density at radius 3 is 2.38 bits per heavy atom. The van der Waals surface area contributed by atoms with E-state index in [0.717, 1.165) is 62.5 Å². The van der Waals surface area contributed by atoms with Crippen LogP contribution in [0.2, 0.25) is 0 Å². The van der Waals surface area contributed by atoms with E-state index >= 15 is 0 Å². The zero-order valence-corrected chi connectivity index (χ0v) is 19.7. The fraction of sp³-hybridized carbons (Fsp3) is 0.370. The molecule has 7 nitrogen and oxygen atoms in total. The van der Waals surface area contributed by atoms with Gasteiger partial charge in [-0.2, -0.15) is 4.98 Å². The molecule has 7 heteroatoms. The van der Waals surface area contributed by atoms with E-state index in [0.29, 0.717) is 17.7 Å². The van der Waals surface area contributed by atoms with Crippen molar-refractivity contribution in [2.24, 2.45) is 12.8 Å². The van der Waals surface area contributed by atoms with Crippen molar-refractivity contribution in [1.29, 1.82) is 0 Å². The zero-order chi connectivity index (χ0) is 23.5. The lowest BCUT2D eigenvalue weighted by Gasteiger charge is -2.31. The second-order valence-electron chi connectivity index (χ2n) is 9.24. The molecule has 0 saturated carbocycles. The fourth-order valence-corrected chi connectivity index (χ4v) is 4.86. The predicted octanol–water partition coefficient (Wildman–Crippen LogP) is 3.28. The maximum Gasteiger partial charge on any atom is 0.279 e. The fourth-order valence-electron chi connectivity index (χ4n) is 4.86. The third kappa shape index (κ3) is 4.61. The van der Waals surface area contributed by atoms with Crippen molar-refractivity contribution in [2.75, 3.05) is 18.0 Å². The van der Waals surface area contributed by atoms with Gasteiger partial charge < -0.3 is 10.6 Å². The molecule has 1 aliphatic rings. The molecular formula is C27H32N6O. The first kappa shape index (κ1) is 22.3. The maximum atomic E-state index is 13.6. The van der Waals surface area contributed by atoms with Gasteiger partial charge in [-0.3, -0.25) is 13.9 Å². The number of piperidine rings is 1. The number of hydrogen-bond donors (Lipinski definition) is 1. The van der Waals surface area contributed by atoms with Gasteiger partial charge in [-0.05, 0) is 36.8 Å². The van der Waals surface area contributed by atoms with E-state index in [4.69, 9.17) is 15.7 Å². The summed E-state index contributed by atoms with van der Waals surface area (Å²) in [6.07, 6.45) is 4.64. The largest absolute Gasteiger partial charge is 0.341 e. The number of aryl methyl sites for hydroxylation is 2. The van der Waals surface area contributed by atoms with Crippen LogP contribution in [-0.2, 0) is 26.4 Å². The maximum absolute atomic E-state index is 13.6. The topological polar surface area (TPSA) is 82.0 Å². The van der Waals surface area contributed by atoms with Crippen molar-refractivity contribution in [3.05, 3.63) is 88.0 Å². The third-order valence-electron chi connectivity index (χ3n) is 6.69. The predicted molar refractivity (Wildman–Crippen MR) is 136 cm³/mol. The SMILES string of the molecule is Cn1c(CCCc2ccccc2)nc2nc(N3CCCC(N)C3)n(Cc3ccccc3)c2c1=O. The van der Waals surface area contributed by atoms with E-state index in [9.17, 15) is 4.79 Å². The zero-order valence-electron chi connectivity index (χ0n) is 19.7. The Labute approximate surface area is 199 Å². The van der Waals surface area contributed by atoms with Gasteiger partial charge in [0.25, 0.3) is 5.56 Å². The Hall–Kier alpha value is -3.45. The molecule has 2 N–H and O–H groups in total. The van der Waals surface area contributed by atoms with Crippen LogP contribution in [0.25, 0.3) is 11.2 Å². The number of hydrogen-bond acceptors (Lipinski definition) is 5. The molecule has 3 heterocycles. The minimum atomic E-state index is -0.0456. The lowest BCUT2D eigenvalue weighted by Crippen LogP contribution is -2.44. The van der Waals surface area contributed by atoms with Gasteiger partial charge in [-0.1, -0.05) is 60.7 Å². The number of nitrogens with two attached hydrogens (primary N) is 1. The highest BCUT2D eigenvalue weighted by Crippen LogP contribution is 2.24. The number of fused-ring (bicyclic) bond motifs is 1. The molecule has 1 unspecified atom stereocenters. The molecule has 0 bridgehead atoms. The van der Waals surface area contributed by atoms with Gasteiger partial charge in [0.15, 0.2) is 11.2 Å². The van der Waals surface area contributed by atoms with Gasteiger partial charge in [0.1, 0.15) is 5.82 Å². The summed E-state index contributed by atoms with van der Waals surface area (Å²) < 4.78 is 3.73. The highest BCUT2D eigenvalue weighted by molar-refractivity contribution is 5.74. The molecule has 0 aliphatic carbocycles. The molecular weight excluding hydrogens is 424 g/mol. The Kier molecular flexibility index (Phi) is 6.45. The molecule has 1 aliphatic heterocycles. The molecule has 176 valence electrons. The van der Waals surface area contributed by atoms with E-state index in [1.165, 1.54) is 5.56 Å². The van der Waals surface area contributed by atoms with E-state index < -0.39 is 0 Å². The molecule has 4 aromatic rings. The van der Waals surface area contributed by atoms with Crippen LogP contribution in [0, 0.1) is 0 Å². The lowest BCUT2D eigenvalue weighted by molar-refractivity contribution is 0.495. The molecule has 34 heavy (non-hydrogen) atoms. The minimum absolute atomic E-state index is 0.0456. The van der Waals surface area contributed by atoms with Crippen molar-refractivity contribution in [1.82, 2.24) is 19.1 Å². The number of aromatic nitrogens is 4. The van der Waals surface area contributed by atoms with Crippen molar-refractivity contribution < 1.29 is 0 Å². The first-order valence-electron chi connectivity index (χ1n) is 12.1. The van der Waals surface area contributed by atoms with Gasteiger partial charge in [0.2, 0.25) is 5.95 Å². The van der Waals surface area contributed by atoms with Crippen LogP contribution < -0.4 is 16.2 Å². The van der Waals surface area contributed by atoms with Crippen LogP contribution in [0.1, 0.15) is 36.2 Å². The Bertz CT molecular complexity index is 1310. The Morgan fingerprint density at radius 1 is 0.971 bits per heavy atom. The van der Waals surface area contributed by atoms with E-state index in [1.54, 1.807) is 4.57 Å². The second kappa shape index (κ2) is 9.81. The number of benzene rings is 2. The minimum Gasteiger partial charge on any atom is -0.341 e. The summed E-state index contributed by atoms with van der Waals surface area (Å²) in [5.74, 6) is 1.57. The molecule has 1 fully saturated rings. The first-order chi connectivity index (χ1) is 16.6. The van der Waals surface area contributed by atoms with Crippen molar-refractivity contribution in [3.63, 3.8) is 0 Å². The molecule has 2 aromatic carbocycles. The van der Waals surface area contributed by atoms with Gasteiger partial charge in [-0.25, -0.2) is 4.98 Å². The van der Waals surface area contributed by atoms with Crippen LogP contribution >= 0.6 is 0 Å². The normalized spacial score (nSPS) is 16.3. The molecule has 5 rings (SSSR count). The summed E-state index contributed by atoms with van der Waals surface area (Å²) in [6, 6.07) is 20.7. The van der Waals surface area contributed by atoms with Crippen molar-refractivity contribution in [3.8, 4) is 0 Å². The molecule has 0 radical (unpaired) electrons.